The minimum Gasteiger partial charge on any atom is -0.382 e. The molecule has 0 amide bonds. The maximum Gasteiger partial charge on any atom is 0.0704 e. The quantitative estimate of drug-likeness (QED) is 0.866. The Kier molecular flexibility index (Phi) is 4.88. The maximum absolute atomic E-state index is 6.22. The van der Waals surface area contributed by atoms with Gasteiger partial charge in [0.1, 0.15) is 0 Å². The summed E-state index contributed by atoms with van der Waals surface area (Å²) in [6.07, 6.45) is 5.01. The van der Waals surface area contributed by atoms with Crippen LogP contribution in [0.2, 0.25) is 0 Å². The molecular weight excluding hydrogens is 236 g/mol. The van der Waals surface area contributed by atoms with Crippen molar-refractivity contribution in [2.45, 2.75) is 38.3 Å². The van der Waals surface area contributed by atoms with Crippen molar-refractivity contribution in [3.8, 4) is 0 Å². The van der Waals surface area contributed by atoms with E-state index >= 15 is 0 Å². The third kappa shape index (κ3) is 3.75. The van der Waals surface area contributed by atoms with Gasteiger partial charge in [-0.3, -0.25) is 4.98 Å². The van der Waals surface area contributed by atoms with Crippen molar-refractivity contribution in [2.24, 2.45) is 5.73 Å². The first-order chi connectivity index (χ1) is 9.20. The van der Waals surface area contributed by atoms with Crippen molar-refractivity contribution >= 4 is 10.9 Å². The fourth-order valence-electron chi connectivity index (χ4n) is 2.28. The molecule has 3 heteroatoms. The van der Waals surface area contributed by atoms with Crippen LogP contribution in [-0.2, 0) is 11.2 Å². The SMILES string of the molecule is COC(C)CCC(N)Cc1ccnc2ccccc12. The third-order valence-corrected chi connectivity index (χ3v) is 3.57. The van der Waals surface area contributed by atoms with Crippen LogP contribution >= 0.6 is 0 Å². The summed E-state index contributed by atoms with van der Waals surface area (Å²) in [4.78, 5) is 4.38. The first-order valence-electron chi connectivity index (χ1n) is 6.81. The highest BCUT2D eigenvalue weighted by Gasteiger charge is 2.09. The molecule has 0 saturated heterocycles. The zero-order valence-corrected chi connectivity index (χ0v) is 11.7. The second-order valence-corrected chi connectivity index (χ2v) is 5.08. The molecule has 1 aromatic carbocycles. The summed E-state index contributed by atoms with van der Waals surface area (Å²) < 4.78 is 5.26. The lowest BCUT2D eigenvalue weighted by molar-refractivity contribution is 0.107. The zero-order valence-electron chi connectivity index (χ0n) is 11.7. The van der Waals surface area contributed by atoms with Gasteiger partial charge in [0.05, 0.1) is 11.6 Å². The minimum atomic E-state index is 0.170. The van der Waals surface area contributed by atoms with E-state index in [1.165, 1.54) is 10.9 Å². The lowest BCUT2D eigenvalue weighted by Gasteiger charge is -2.15. The second-order valence-electron chi connectivity index (χ2n) is 5.08. The van der Waals surface area contributed by atoms with Gasteiger partial charge in [0, 0.05) is 24.7 Å². The molecule has 2 atom stereocenters. The van der Waals surface area contributed by atoms with E-state index in [1.54, 1.807) is 7.11 Å². The fourth-order valence-corrected chi connectivity index (χ4v) is 2.28. The van der Waals surface area contributed by atoms with Gasteiger partial charge in [-0.25, -0.2) is 0 Å². The Hall–Kier alpha value is -1.45. The monoisotopic (exact) mass is 258 g/mol. The van der Waals surface area contributed by atoms with Gasteiger partial charge in [-0.2, -0.15) is 0 Å². The number of hydrogen-bond donors (Lipinski definition) is 1. The number of nitrogens with zero attached hydrogens (tertiary/aromatic N) is 1. The topological polar surface area (TPSA) is 48.1 Å². The van der Waals surface area contributed by atoms with E-state index in [2.05, 4.69) is 24.0 Å². The summed E-state index contributed by atoms with van der Waals surface area (Å²) in [5.41, 5.74) is 8.54. The van der Waals surface area contributed by atoms with Crippen molar-refractivity contribution < 1.29 is 4.74 Å². The predicted octanol–water partition coefficient (Wildman–Crippen LogP) is 2.92. The lowest BCUT2D eigenvalue weighted by atomic mass is 9.98. The number of hydrogen-bond acceptors (Lipinski definition) is 3. The lowest BCUT2D eigenvalue weighted by Crippen LogP contribution is -2.24. The summed E-state index contributed by atoms with van der Waals surface area (Å²) in [5.74, 6) is 0. The largest absolute Gasteiger partial charge is 0.382 e. The molecular formula is C16H22N2O. The van der Waals surface area contributed by atoms with Crippen LogP contribution < -0.4 is 5.73 Å². The van der Waals surface area contributed by atoms with Crippen LogP contribution in [0.4, 0.5) is 0 Å². The van der Waals surface area contributed by atoms with Crippen molar-refractivity contribution in [1.82, 2.24) is 4.98 Å². The highest BCUT2D eigenvalue weighted by atomic mass is 16.5. The van der Waals surface area contributed by atoms with Crippen molar-refractivity contribution in [3.05, 3.63) is 42.1 Å². The number of fused-ring (bicyclic) bond motifs is 1. The van der Waals surface area contributed by atoms with E-state index < -0.39 is 0 Å². The molecule has 1 heterocycles. The van der Waals surface area contributed by atoms with Crippen molar-refractivity contribution in [1.29, 1.82) is 0 Å². The fraction of sp³-hybridized carbons (Fsp3) is 0.438. The predicted molar refractivity (Wildman–Crippen MR) is 79.1 cm³/mol. The molecule has 0 radical (unpaired) electrons. The Morgan fingerprint density at radius 2 is 2.00 bits per heavy atom. The number of rotatable bonds is 6. The van der Waals surface area contributed by atoms with Crippen LogP contribution in [0.5, 0.6) is 0 Å². The number of aromatic nitrogens is 1. The van der Waals surface area contributed by atoms with E-state index in [1.807, 2.05) is 24.4 Å². The van der Waals surface area contributed by atoms with Crippen LogP contribution in [0.1, 0.15) is 25.3 Å². The Morgan fingerprint density at radius 1 is 1.21 bits per heavy atom. The van der Waals surface area contributed by atoms with E-state index in [4.69, 9.17) is 10.5 Å². The molecule has 0 aliphatic carbocycles. The Bertz CT molecular complexity index is 522. The number of benzene rings is 1. The first-order valence-corrected chi connectivity index (χ1v) is 6.81. The van der Waals surface area contributed by atoms with Crippen LogP contribution in [0.3, 0.4) is 0 Å². The number of pyridine rings is 1. The van der Waals surface area contributed by atoms with Gasteiger partial charge in [-0.15, -0.1) is 0 Å². The Labute approximate surface area is 114 Å². The smallest absolute Gasteiger partial charge is 0.0704 e. The molecule has 3 nitrogen and oxygen atoms in total. The van der Waals surface area contributed by atoms with Gasteiger partial charge >= 0.3 is 0 Å². The van der Waals surface area contributed by atoms with Gasteiger partial charge in [0.15, 0.2) is 0 Å². The molecule has 102 valence electrons. The van der Waals surface area contributed by atoms with Crippen LogP contribution in [-0.4, -0.2) is 24.2 Å². The van der Waals surface area contributed by atoms with Crippen LogP contribution in [0.25, 0.3) is 10.9 Å². The normalized spacial score (nSPS) is 14.5. The summed E-state index contributed by atoms with van der Waals surface area (Å²) in [6, 6.07) is 10.5. The van der Waals surface area contributed by atoms with Crippen LogP contribution in [0, 0.1) is 0 Å². The van der Waals surface area contributed by atoms with E-state index in [-0.39, 0.29) is 12.1 Å². The van der Waals surface area contributed by atoms with E-state index in [9.17, 15) is 0 Å². The third-order valence-electron chi connectivity index (χ3n) is 3.57. The van der Waals surface area contributed by atoms with Gasteiger partial charge in [0.2, 0.25) is 0 Å². The van der Waals surface area contributed by atoms with E-state index in [0.29, 0.717) is 0 Å². The summed E-state index contributed by atoms with van der Waals surface area (Å²) in [7, 11) is 1.74. The number of nitrogens with two attached hydrogens (primary N) is 1. The number of methoxy groups -OCH3 is 1. The molecule has 0 fully saturated rings. The summed E-state index contributed by atoms with van der Waals surface area (Å²) in [6.45, 7) is 2.08. The summed E-state index contributed by atoms with van der Waals surface area (Å²) in [5, 5.41) is 1.21. The van der Waals surface area contributed by atoms with Gasteiger partial charge in [-0.05, 0) is 43.9 Å². The maximum atomic E-state index is 6.22. The average molecular weight is 258 g/mol. The molecule has 2 N–H and O–H groups in total. The molecule has 2 aromatic rings. The highest BCUT2D eigenvalue weighted by molar-refractivity contribution is 5.81. The number of para-hydroxylation sites is 1. The summed E-state index contributed by atoms with van der Waals surface area (Å²) >= 11 is 0. The van der Waals surface area contributed by atoms with Gasteiger partial charge < -0.3 is 10.5 Å². The Balaban J connectivity index is 2.04. The molecule has 2 rings (SSSR count). The van der Waals surface area contributed by atoms with Crippen molar-refractivity contribution in [3.63, 3.8) is 0 Å². The Morgan fingerprint density at radius 3 is 2.79 bits per heavy atom. The molecule has 19 heavy (non-hydrogen) atoms. The van der Waals surface area contributed by atoms with Gasteiger partial charge in [0.25, 0.3) is 0 Å². The molecule has 0 saturated carbocycles. The average Bonchev–Trinajstić information content (AvgIpc) is 2.45. The van der Waals surface area contributed by atoms with Gasteiger partial charge in [-0.1, -0.05) is 18.2 Å². The molecule has 0 bridgehead atoms. The second kappa shape index (κ2) is 6.64. The molecule has 0 aliphatic rings. The molecule has 0 aliphatic heterocycles. The van der Waals surface area contributed by atoms with Crippen molar-refractivity contribution in [2.75, 3.05) is 7.11 Å². The molecule has 2 unspecified atom stereocenters. The van der Waals surface area contributed by atoms with Crippen LogP contribution in [0.15, 0.2) is 36.5 Å². The highest BCUT2D eigenvalue weighted by Crippen LogP contribution is 2.18. The zero-order chi connectivity index (χ0) is 13.7. The molecule has 1 aromatic heterocycles. The molecule has 0 spiro atoms. The minimum absolute atomic E-state index is 0.170. The standard InChI is InChI=1S/C16H22N2O/c1-12(19-2)7-8-14(17)11-13-9-10-18-16-6-4-3-5-15(13)16/h3-6,9-10,12,14H,7-8,11,17H2,1-2H3. The number of ether oxygens (including phenoxy) is 1. The van der Waals surface area contributed by atoms with E-state index in [0.717, 1.165) is 24.8 Å². The first kappa shape index (κ1) is 14.0.